The normalized spacial score (nSPS) is 32.2. The molecular formula is C17H29N5O3S. The quantitative estimate of drug-likeness (QED) is 0.717. The molecule has 2 N–H and O–H groups in total. The molecule has 4 atom stereocenters. The second kappa shape index (κ2) is 8.14. The van der Waals surface area contributed by atoms with Gasteiger partial charge in [0, 0.05) is 27.2 Å². The van der Waals surface area contributed by atoms with Crippen molar-refractivity contribution in [2.45, 2.75) is 50.3 Å². The number of urea groups is 1. The van der Waals surface area contributed by atoms with Crippen LogP contribution in [0.4, 0.5) is 4.79 Å². The first kappa shape index (κ1) is 19.4. The van der Waals surface area contributed by atoms with Crippen LogP contribution in [0.1, 0.15) is 32.6 Å². The Morgan fingerprint density at radius 1 is 1.19 bits per heavy atom. The van der Waals surface area contributed by atoms with Crippen LogP contribution in [0.5, 0.6) is 0 Å². The summed E-state index contributed by atoms with van der Waals surface area (Å²) >= 11 is 1.49. The number of imide groups is 1. The number of carbonyl (C=O) groups is 3. The predicted molar refractivity (Wildman–Crippen MR) is 100 cm³/mol. The molecule has 0 aromatic heterocycles. The lowest BCUT2D eigenvalue weighted by Gasteiger charge is -2.50. The lowest BCUT2D eigenvalue weighted by Crippen LogP contribution is -2.74. The number of rotatable bonds is 5. The molecule has 0 aromatic rings. The molecule has 3 saturated heterocycles. The number of nitrogens with zero attached hydrogens (tertiary/aromatic N) is 3. The first-order chi connectivity index (χ1) is 12.4. The second-order valence-corrected chi connectivity index (χ2v) is 8.39. The number of carbonyl (C=O) groups excluding carboxylic acids is 3. The van der Waals surface area contributed by atoms with E-state index in [9.17, 15) is 14.4 Å². The van der Waals surface area contributed by atoms with E-state index in [1.165, 1.54) is 23.7 Å². The molecule has 8 nitrogen and oxygen atoms in total. The zero-order chi connectivity index (χ0) is 18.8. The van der Waals surface area contributed by atoms with Crippen molar-refractivity contribution in [3.8, 4) is 0 Å². The second-order valence-electron chi connectivity index (χ2n) is 7.26. The summed E-state index contributed by atoms with van der Waals surface area (Å²) in [4.78, 5) is 42.2. The monoisotopic (exact) mass is 383 g/mol. The first-order valence-corrected chi connectivity index (χ1v) is 10.4. The van der Waals surface area contributed by atoms with Gasteiger partial charge in [0.15, 0.2) is 0 Å². The van der Waals surface area contributed by atoms with Crippen molar-refractivity contribution >= 4 is 29.6 Å². The minimum atomic E-state index is -0.410. The molecule has 9 heteroatoms. The maximum Gasteiger partial charge on any atom is 0.327 e. The maximum atomic E-state index is 12.8. The number of nitrogens with one attached hydrogen (secondary N) is 2. The van der Waals surface area contributed by atoms with Crippen molar-refractivity contribution in [2.75, 3.05) is 32.9 Å². The zero-order valence-corrected chi connectivity index (χ0v) is 16.6. The van der Waals surface area contributed by atoms with Gasteiger partial charge in [-0.3, -0.25) is 25.1 Å². The van der Waals surface area contributed by atoms with E-state index in [4.69, 9.17) is 0 Å². The van der Waals surface area contributed by atoms with Crippen molar-refractivity contribution in [1.82, 2.24) is 25.3 Å². The van der Waals surface area contributed by atoms with E-state index in [2.05, 4.69) is 17.6 Å². The fourth-order valence-corrected chi connectivity index (χ4v) is 5.18. The number of hydrogen-bond acceptors (Lipinski definition) is 6. The number of likely N-dealkylation sites (tertiary alicyclic amines) is 1. The van der Waals surface area contributed by atoms with Gasteiger partial charge in [-0.25, -0.2) is 4.79 Å². The van der Waals surface area contributed by atoms with Gasteiger partial charge < -0.3 is 9.80 Å². The van der Waals surface area contributed by atoms with Gasteiger partial charge in [0.25, 0.3) is 0 Å². The molecule has 0 saturated carbocycles. The molecule has 0 radical (unpaired) electrons. The molecule has 0 aliphatic carbocycles. The van der Waals surface area contributed by atoms with Gasteiger partial charge in [-0.15, -0.1) is 11.8 Å². The van der Waals surface area contributed by atoms with Gasteiger partial charge >= 0.3 is 6.03 Å². The summed E-state index contributed by atoms with van der Waals surface area (Å²) in [5, 5.41) is 6.68. The third kappa shape index (κ3) is 3.70. The maximum absolute atomic E-state index is 12.8. The Morgan fingerprint density at radius 3 is 2.54 bits per heavy atom. The van der Waals surface area contributed by atoms with Crippen LogP contribution < -0.4 is 10.6 Å². The summed E-state index contributed by atoms with van der Waals surface area (Å²) in [5.74, 6) is -0.113. The topological polar surface area (TPSA) is 85.0 Å². The minimum Gasteiger partial charge on any atom is -0.342 e. The van der Waals surface area contributed by atoms with Gasteiger partial charge in [0.2, 0.25) is 11.8 Å². The Kier molecular flexibility index (Phi) is 6.09. The summed E-state index contributed by atoms with van der Waals surface area (Å²) < 4.78 is 0. The van der Waals surface area contributed by atoms with Crippen LogP contribution in [0.3, 0.4) is 0 Å². The Hall–Kier alpha value is -1.32. The molecule has 4 amide bonds. The molecule has 26 heavy (non-hydrogen) atoms. The zero-order valence-electron chi connectivity index (χ0n) is 15.7. The molecule has 0 aromatic carbocycles. The molecule has 146 valence electrons. The highest BCUT2D eigenvalue weighted by Gasteiger charge is 2.50. The fraction of sp³-hybridized carbons (Fsp3) is 0.824. The number of amides is 4. The molecule has 3 aliphatic heterocycles. The van der Waals surface area contributed by atoms with Crippen LogP contribution in [0.25, 0.3) is 0 Å². The van der Waals surface area contributed by atoms with E-state index >= 15 is 0 Å². The summed E-state index contributed by atoms with van der Waals surface area (Å²) in [6.07, 6.45) is 3.70. The summed E-state index contributed by atoms with van der Waals surface area (Å²) in [5.41, 5.74) is 0. The fourth-order valence-electron chi connectivity index (χ4n) is 3.94. The van der Waals surface area contributed by atoms with E-state index in [0.29, 0.717) is 5.75 Å². The van der Waals surface area contributed by atoms with Gasteiger partial charge in [-0.05, 0) is 19.3 Å². The van der Waals surface area contributed by atoms with Gasteiger partial charge in [-0.2, -0.15) is 0 Å². The van der Waals surface area contributed by atoms with Gasteiger partial charge in [0.05, 0.1) is 29.4 Å². The predicted octanol–water partition coefficient (Wildman–Crippen LogP) is 0.453. The third-order valence-corrected chi connectivity index (χ3v) is 6.65. The standard InChI is InChI=1S/C17H29N5O3S/c1-4-7-11-18-14-13(16(24)21(3)17(25)20(14)2)15(19-11)26-10-12(23)22-8-5-6-9-22/h11,13-15,18-19H,4-10H2,1-3H3. The number of fused-ring (bicyclic) bond motifs is 1. The Morgan fingerprint density at radius 2 is 1.88 bits per heavy atom. The molecule has 4 unspecified atom stereocenters. The van der Waals surface area contributed by atoms with Crippen LogP contribution in [0.2, 0.25) is 0 Å². The summed E-state index contributed by atoms with van der Waals surface area (Å²) in [6.45, 7) is 3.77. The average Bonchev–Trinajstić information content (AvgIpc) is 3.17. The van der Waals surface area contributed by atoms with Crippen molar-refractivity contribution in [3.05, 3.63) is 0 Å². The van der Waals surface area contributed by atoms with Crippen molar-refractivity contribution in [3.63, 3.8) is 0 Å². The Labute approximate surface area is 159 Å². The largest absolute Gasteiger partial charge is 0.342 e. The van der Waals surface area contributed by atoms with Crippen molar-refractivity contribution in [1.29, 1.82) is 0 Å². The highest BCUT2D eigenvalue weighted by Crippen LogP contribution is 2.32. The molecule has 0 bridgehead atoms. The van der Waals surface area contributed by atoms with E-state index in [1.807, 2.05) is 4.90 Å². The Bertz CT molecular complexity index is 569. The average molecular weight is 384 g/mol. The molecular weight excluding hydrogens is 354 g/mol. The highest BCUT2D eigenvalue weighted by atomic mass is 32.2. The van der Waals surface area contributed by atoms with Gasteiger partial charge in [-0.1, -0.05) is 13.3 Å². The van der Waals surface area contributed by atoms with E-state index in [0.717, 1.165) is 38.8 Å². The lowest BCUT2D eigenvalue weighted by atomic mass is 9.96. The SMILES string of the molecule is CCCC1NC(SCC(=O)N2CCCC2)C2C(=O)N(C)C(=O)N(C)C2N1. The number of thioether (sulfide) groups is 1. The van der Waals surface area contributed by atoms with Crippen LogP contribution in [-0.4, -0.2) is 83.2 Å². The van der Waals surface area contributed by atoms with Crippen LogP contribution in [0, 0.1) is 5.92 Å². The lowest BCUT2D eigenvalue weighted by molar-refractivity contribution is -0.140. The van der Waals surface area contributed by atoms with Crippen molar-refractivity contribution < 1.29 is 14.4 Å². The summed E-state index contributed by atoms with van der Waals surface area (Å²) in [7, 11) is 3.24. The number of hydrogen-bond donors (Lipinski definition) is 2. The third-order valence-electron chi connectivity index (χ3n) is 5.45. The van der Waals surface area contributed by atoms with E-state index in [-0.39, 0.29) is 35.6 Å². The molecule has 3 fully saturated rings. The van der Waals surface area contributed by atoms with Gasteiger partial charge in [0.1, 0.15) is 0 Å². The Balaban J connectivity index is 1.73. The van der Waals surface area contributed by atoms with Crippen molar-refractivity contribution in [2.24, 2.45) is 5.92 Å². The molecule has 0 spiro atoms. The first-order valence-electron chi connectivity index (χ1n) is 9.40. The molecule has 3 aliphatic rings. The van der Waals surface area contributed by atoms with Crippen LogP contribution in [0.15, 0.2) is 0 Å². The summed E-state index contributed by atoms with van der Waals surface area (Å²) in [6, 6.07) is -0.294. The highest BCUT2D eigenvalue weighted by molar-refractivity contribution is 8.00. The minimum absolute atomic E-state index is 0.0205. The van der Waals surface area contributed by atoms with E-state index in [1.54, 1.807) is 11.9 Å². The smallest absolute Gasteiger partial charge is 0.327 e. The van der Waals surface area contributed by atoms with E-state index < -0.39 is 5.92 Å². The van der Waals surface area contributed by atoms with Crippen LogP contribution in [-0.2, 0) is 9.59 Å². The van der Waals surface area contributed by atoms with Crippen LogP contribution >= 0.6 is 11.8 Å². The molecule has 3 rings (SSSR count). The molecule has 3 heterocycles.